The molecule has 0 aliphatic carbocycles. The maximum Gasteiger partial charge on any atom is 0.134 e. The van der Waals surface area contributed by atoms with Crippen molar-refractivity contribution in [3.05, 3.63) is 133 Å². The van der Waals surface area contributed by atoms with Crippen LogP contribution in [0.2, 0.25) is 0 Å². The lowest BCUT2D eigenvalue weighted by molar-refractivity contribution is 0.548. The van der Waals surface area contributed by atoms with E-state index in [0.717, 1.165) is 38.9 Å². The first-order valence-electron chi connectivity index (χ1n) is 17.5. The van der Waals surface area contributed by atoms with E-state index in [9.17, 15) is 0 Å². The predicted octanol–water partition coefficient (Wildman–Crippen LogP) is 10.4. The fourth-order valence-corrected chi connectivity index (χ4v) is 5.14. The Kier molecular flexibility index (Phi) is 12.6. The second-order valence-electron chi connectivity index (χ2n) is 15.9. The molecule has 0 aliphatic rings. The number of hydrogen-bond donors (Lipinski definition) is 0. The van der Waals surface area contributed by atoms with Crippen LogP contribution in [-0.2, 0) is 16.2 Å². The molecule has 0 N–H and O–H groups in total. The zero-order valence-corrected chi connectivity index (χ0v) is 32.0. The summed E-state index contributed by atoms with van der Waals surface area (Å²) in [5.74, 6) is 1.46. The predicted molar refractivity (Wildman–Crippen MR) is 211 cm³/mol. The fraction of sp³-hybridized carbons (Fsp3) is 0.349. The van der Waals surface area contributed by atoms with Gasteiger partial charge in [-0.1, -0.05) is 143 Å². The first-order chi connectivity index (χ1) is 24.1. The second-order valence-corrected chi connectivity index (χ2v) is 15.9. The standard InChI is InChI=1S/3C12H14N2.C7H10N2/c1-12(2,3)11-13-8-9-6-4-5-7-10(9)14-11;2*1-12(2,3)11-10-7-5-4-6-9(10)8-13-14-11;1-6(2)7-3-4-8-9-5-7/h3*4-8H,1-3H3;3-6H,1-2H3. The number of benzene rings is 3. The van der Waals surface area contributed by atoms with Crippen molar-refractivity contribution in [1.82, 2.24) is 40.6 Å². The molecule has 0 radical (unpaired) electrons. The third-order valence-corrected chi connectivity index (χ3v) is 8.00. The first-order valence-corrected chi connectivity index (χ1v) is 17.5. The monoisotopic (exact) mass is 680 g/mol. The summed E-state index contributed by atoms with van der Waals surface area (Å²) in [5, 5.41) is 29.8. The minimum atomic E-state index is 0.0179. The SMILES string of the molecule is CC(C)(C)c1ncc2ccccc2n1.CC(C)(C)c1nncc2ccccc12.CC(C)(C)c1nncc2ccccc12.CC(C)c1ccnnc1. The average Bonchev–Trinajstić information content (AvgIpc) is 3.11. The Morgan fingerprint density at radius 2 is 0.961 bits per heavy atom. The summed E-state index contributed by atoms with van der Waals surface area (Å²) in [6.45, 7) is 23.6. The Labute approximate surface area is 303 Å². The Balaban J connectivity index is 0.000000154. The molecular formula is C43H52N8. The van der Waals surface area contributed by atoms with Gasteiger partial charge in [-0.15, -0.1) is 0 Å². The van der Waals surface area contributed by atoms with E-state index < -0.39 is 0 Å². The Morgan fingerprint density at radius 1 is 0.471 bits per heavy atom. The van der Waals surface area contributed by atoms with Crippen LogP contribution in [0.3, 0.4) is 0 Å². The van der Waals surface area contributed by atoms with E-state index in [1.54, 1.807) is 12.4 Å². The van der Waals surface area contributed by atoms with Gasteiger partial charge in [0.15, 0.2) is 0 Å². The molecule has 0 spiro atoms. The summed E-state index contributed by atoms with van der Waals surface area (Å²) in [6.07, 6.45) is 9.03. The van der Waals surface area contributed by atoms with Crippen LogP contribution in [0.1, 0.15) is 105 Å². The highest BCUT2D eigenvalue weighted by Gasteiger charge is 2.20. The van der Waals surface area contributed by atoms with Gasteiger partial charge in [0, 0.05) is 55.6 Å². The van der Waals surface area contributed by atoms with E-state index in [4.69, 9.17) is 0 Å². The van der Waals surface area contributed by atoms with Crippen LogP contribution < -0.4 is 0 Å². The molecule has 0 unspecified atom stereocenters. The van der Waals surface area contributed by atoms with E-state index in [1.165, 1.54) is 16.3 Å². The molecule has 0 saturated heterocycles. The minimum absolute atomic E-state index is 0.0179. The van der Waals surface area contributed by atoms with Gasteiger partial charge < -0.3 is 0 Å². The van der Waals surface area contributed by atoms with Crippen molar-refractivity contribution in [3.8, 4) is 0 Å². The third-order valence-electron chi connectivity index (χ3n) is 8.00. The van der Waals surface area contributed by atoms with E-state index in [-0.39, 0.29) is 16.2 Å². The van der Waals surface area contributed by atoms with Crippen LogP contribution in [0.4, 0.5) is 0 Å². The largest absolute Gasteiger partial charge is 0.240 e. The van der Waals surface area contributed by atoms with Crippen molar-refractivity contribution >= 4 is 32.4 Å². The smallest absolute Gasteiger partial charge is 0.134 e. The molecule has 51 heavy (non-hydrogen) atoms. The second kappa shape index (κ2) is 16.6. The van der Waals surface area contributed by atoms with Crippen LogP contribution in [0.5, 0.6) is 0 Å². The molecule has 8 heteroatoms. The van der Waals surface area contributed by atoms with Gasteiger partial charge in [-0.25, -0.2) is 9.97 Å². The lowest BCUT2D eigenvalue weighted by Crippen LogP contribution is -2.15. The molecule has 3 aromatic carbocycles. The molecule has 0 atom stereocenters. The number of para-hydroxylation sites is 1. The highest BCUT2D eigenvalue weighted by atomic mass is 15.1. The normalized spacial score (nSPS) is 11.6. The summed E-state index contributed by atoms with van der Waals surface area (Å²) >= 11 is 0. The summed E-state index contributed by atoms with van der Waals surface area (Å²) < 4.78 is 0. The Morgan fingerprint density at radius 3 is 1.39 bits per heavy atom. The lowest BCUT2D eigenvalue weighted by Gasteiger charge is -2.18. The Hall–Kier alpha value is -5.24. The zero-order chi connectivity index (χ0) is 37.2. The van der Waals surface area contributed by atoms with Crippen LogP contribution in [0, 0.1) is 0 Å². The van der Waals surface area contributed by atoms with Crippen molar-refractivity contribution in [1.29, 1.82) is 0 Å². The fourth-order valence-electron chi connectivity index (χ4n) is 5.14. The van der Waals surface area contributed by atoms with Gasteiger partial charge in [-0.3, -0.25) is 0 Å². The number of hydrogen-bond acceptors (Lipinski definition) is 8. The van der Waals surface area contributed by atoms with E-state index in [0.29, 0.717) is 5.92 Å². The first kappa shape index (κ1) is 38.6. The minimum Gasteiger partial charge on any atom is -0.240 e. The summed E-state index contributed by atoms with van der Waals surface area (Å²) in [4.78, 5) is 8.90. The summed E-state index contributed by atoms with van der Waals surface area (Å²) in [7, 11) is 0. The molecule has 7 rings (SSSR count). The number of fused-ring (bicyclic) bond motifs is 3. The highest BCUT2D eigenvalue weighted by molar-refractivity contribution is 5.85. The molecule has 4 heterocycles. The van der Waals surface area contributed by atoms with Crippen molar-refractivity contribution in [2.24, 2.45) is 0 Å². The van der Waals surface area contributed by atoms with Gasteiger partial charge in [-0.05, 0) is 23.6 Å². The molecule has 4 aromatic heterocycles. The van der Waals surface area contributed by atoms with Gasteiger partial charge in [0.25, 0.3) is 0 Å². The molecular weight excluding hydrogens is 629 g/mol. The molecule has 264 valence electrons. The highest BCUT2D eigenvalue weighted by Crippen LogP contribution is 2.28. The molecule has 0 amide bonds. The van der Waals surface area contributed by atoms with Crippen molar-refractivity contribution in [3.63, 3.8) is 0 Å². The molecule has 8 nitrogen and oxygen atoms in total. The van der Waals surface area contributed by atoms with Gasteiger partial charge >= 0.3 is 0 Å². The van der Waals surface area contributed by atoms with Crippen LogP contribution in [0.15, 0.2) is 110 Å². The van der Waals surface area contributed by atoms with Crippen molar-refractivity contribution in [2.75, 3.05) is 0 Å². The van der Waals surface area contributed by atoms with E-state index in [2.05, 4.69) is 141 Å². The van der Waals surface area contributed by atoms with Gasteiger partial charge in [0.1, 0.15) is 5.82 Å². The quantitative estimate of drug-likeness (QED) is 0.169. The Bertz CT molecular complexity index is 2030. The lowest BCUT2D eigenvalue weighted by atomic mass is 9.89. The third kappa shape index (κ3) is 10.9. The maximum absolute atomic E-state index is 4.54. The van der Waals surface area contributed by atoms with Gasteiger partial charge in [0.2, 0.25) is 0 Å². The number of nitrogens with zero attached hydrogens (tertiary/aromatic N) is 8. The summed E-state index contributed by atoms with van der Waals surface area (Å²) in [5.41, 5.74) is 4.51. The molecule has 0 aliphatic heterocycles. The van der Waals surface area contributed by atoms with Gasteiger partial charge in [0.05, 0.1) is 35.5 Å². The van der Waals surface area contributed by atoms with Crippen LogP contribution in [-0.4, -0.2) is 40.6 Å². The van der Waals surface area contributed by atoms with Crippen molar-refractivity contribution < 1.29 is 0 Å². The maximum atomic E-state index is 4.54. The van der Waals surface area contributed by atoms with Crippen LogP contribution in [0.25, 0.3) is 32.4 Å². The average molecular weight is 681 g/mol. The molecule has 7 aromatic rings. The van der Waals surface area contributed by atoms with Crippen LogP contribution >= 0.6 is 0 Å². The van der Waals surface area contributed by atoms with Gasteiger partial charge in [-0.2, -0.15) is 30.6 Å². The summed E-state index contributed by atoms with van der Waals surface area (Å²) in [6, 6.07) is 26.5. The topological polar surface area (TPSA) is 103 Å². The molecule has 0 fully saturated rings. The van der Waals surface area contributed by atoms with E-state index in [1.807, 2.05) is 73.2 Å². The molecule has 0 bridgehead atoms. The van der Waals surface area contributed by atoms with E-state index >= 15 is 0 Å². The zero-order valence-electron chi connectivity index (χ0n) is 32.0. The number of rotatable bonds is 1. The van der Waals surface area contributed by atoms with Crippen molar-refractivity contribution in [2.45, 2.75) is 98.3 Å². The molecule has 0 saturated carbocycles. The number of aromatic nitrogens is 8.